The van der Waals surface area contributed by atoms with Gasteiger partial charge in [0.15, 0.2) is 5.96 Å². The zero-order chi connectivity index (χ0) is 18.7. The molecule has 1 saturated heterocycles. The molecule has 0 radical (unpaired) electrons. The summed E-state index contributed by atoms with van der Waals surface area (Å²) in [6.07, 6.45) is 11.4. The maximum Gasteiger partial charge on any atom is 0.213 e. The van der Waals surface area contributed by atoms with Crippen LogP contribution in [0.4, 0.5) is 0 Å². The van der Waals surface area contributed by atoms with Crippen molar-refractivity contribution in [3.8, 4) is 0 Å². The molecule has 2 rings (SSSR count). The molecule has 0 bridgehead atoms. The number of hydrogen-bond acceptors (Lipinski definition) is 4. The van der Waals surface area contributed by atoms with Crippen LogP contribution in [0.2, 0.25) is 0 Å². The highest BCUT2D eigenvalue weighted by molar-refractivity contribution is 14.0. The van der Waals surface area contributed by atoms with Gasteiger partial charge in [-0.1, -0.05) is 11.6 Å². The highest BCUT2D eigenvalue weighted by atomic mass is 127. The summed E-state index contributed by atoms with van der Waals surface area (Å²) < 4.78 is 32.4. The predicted molar refractivity (Wildman–Crippen MR) is 121 cm³/mol. The molecule has 7 nitrogen and oxygen atoms in total. The van der Waals surface area contributed by atoms with Crippen molar-refractivity contribution in [1.29, 1.82) is 0 Å². The number of guanidine groups is 1. The van der Waals surface area contributed by atoms with Gasteiger partial charge in [0.2, 0.25) is 10.0 Å². The average molecular weight is 514 g/mol. The van der Waals surface area contributed by atoms with Crippen molar-refractivity contribution in [3.05, 3.63) is 11.6 Å². The number of allylic oxidation sites excluding steroid dienone is 1. The van der Waals surface area contributed by atoms with Gasteiger partial charge in [-0.05, 0) is 51.4 Å². The molecule has 0 saturated carbocycles. The second-order valence-electron chi connectivity index (χ2n) is 6.94. The summed E-state index contributed by atoms with van der Waals surface area (Å²) in [5.41, 5.74) is 1.51. The Bertz CT molecular complexity index is 575. The summed E-state index contributed by atoms with van der Waals surface area (Å²) in [5.74, 6) is 0.665. The van der Waals surface area contributed by atoms with E-state index in [1.165, 1.54) is 31.3 Å². The maximum absolute atomic E-state index is 12.1. The van der Waals surface area contributed by atoms with Gasteiger partial charge < -0.3 is 15.4 Å². The van der Waals surface area contributed by atoms with Gasteiger partial charge in [-0.15, -0.1) is 24.0 Å². The minimum Gasteiger partial charge on any atom is -0.377 e. The summed E-state index contributed by atoms with van der Waals surface area (Å²) in [6.45, 7) is 2.23. The van der Waals surface area contributed by atoms with Crippen LogP contribution in [-0.4, -0.2) is 59.5 Å². The normalized spacial score (nSPS) is 21.1. The third-order valence-corrected chi connectivity index (χ3v) is 6.16. The van der Waals surface area contributed by atoms with Gasteiger partial charge in [-0.25, -0.2) is 13.1 Å². The second-order valence-corrected chi connectivity index (χ2v) is 8.87. The number of sulfonamides is 1. The molecule has 2 aliphatic rings. The minimum atomic E-state index is -3.31. The molecule has 0 aromatic heterocycles. The van der Waals surface area contributed by atoms with E-state index in [9.17, 15) is 8.42 Å². The molecule has 1 unspecified atom stereocenters. The lowest BCUT2D eigenvalue weighted by Crippen LogP contribution is -2.42. The van der Waals surface area contributed by atoms with Crippen LogP contribution in [0.3, 0.4) is 0 Å². The molecule has 0 spiro atoms. The summed E-state index contributed by atoms with van der Waals surface area (Å²) in [5, 5.41) is 6.32. The first-order valence-electron chi connectivity index (χ1n) is 9.80. The van der Waals surface area contributed by atoms with Gasteiger partial charge in [0.1, 0.15) is 0 Å². The van der Waals surface area contributed by atoms with Crippen molar-refractivity contribution in [2.24, 2.45) is 4.99 Å². The predicted octanol–water partition coefficient (Wildman–Crippen LogP) is 2.15. The molecule has 1 atom stereocenters. The number of nitrogens with one attached hydrogen (secondary N) is 3. The van der Waals surface area contributed by atoms with Crippen LogP contribution in [0, 0.1) is 0 Å². The highest BCUT2D eigenvalue weighted by Gasteiger charge is 2.17. The molecule has 1 aliphatic heterocycles. The van der Waals surface area contributed by atoms with Gasteiger partial charge in [-0.3, -0.25) is 4.99 Å². The molecule has 1 aliphatic carbocycles. The van der Waals surface area contributed by atoms with Crippen molar-refractivity contribution in [2.45, 2.75) is 57.5 Å². The quantitative estimate of drug-likeness (QED) is 0.190. The molecule has 1 heterocycles. The fourth-order valence-corrected chi connectivity index (χ4v) is 4.21. The van der Waals surface area contributed by atoms with Gasteiger partial charge in [0.05, 0.1) is 11.9 Å². The van der Waals surface area contributed by atoms with E-state index >= 15 is 0 Å². The Balaban J connectivity index is 0.00000364. The third kappa shape index (κ3) is 10.7. The van der Waals surface area contributed by atoms with Crippen LogP contribution in [0.25, 0.3) is 0 Å². The van der Waals surface area contributed by atoms with Crippen LogP contribution in [0.5, 0.6) is 0 Å². The molecule has 1 fully saturated rings. The van der Waals surface area contributed by atoms with Gasteiger partial charge >= 0.3 is 0 Å². The first-order valence-corrected chi connectivity index (χ1v) is 11.5. The summed E-state index contributed by atoms with van der Waals surface area (Å²) in [4.78, 5) is 4.15. The smallest absolute Gasteiger partial charge is 0.213 e. The van der Waals surface area contributed by atoms with Crippen molar-refractivity contribution in [2.75, 3.05) is 39.0 Å². The van der Waals surface area contributed by atoms with Crippen LogP contribution in [-0.2, 0) is 14.8 Å². The van der Waals surface area contributed by atoms with E-state index in [0.717, 1.165) is 38.8 Å². The molecule has 27 heavy (non-hydrogen) atoms. The van der Waals surface area contributed by atoms with E-state index in [-0.39, 0.29) is 35.8 Å². The third-order valence-electron chi connectivity index (χ3n) is 4.82. The lowest BCUT2D eigenvalue weighted by molar-refractivity contribution is 0.0200. The first kappa shape index (κ1) is 24.6. The summed E-state index contributed by atoms with van der Waals surface area (Å²) in [6, 6.07) is 0. The molecule has 0 aromatic carbocycles. The van der Waals surface area contributed by atoms with Crippen LogP contribution >= 0.6 is 24.0 Å². The number of aliphatic imine (C=N–C) groups is 1. The van der Waals surface area contributed by atoms with Crippen molar-refractivity contribution < 1.29 is 13.2 Å². The van der Waals surface area contributed by atoms with Crippen molar-refractivity contribution in [1.82, 2.24) is 15.4 Å². The summed E-state index contributed by atoms with van der Waals surface area (Å²) in [7, 11) is -1.61. The topological polar surface area (TPSA) is 91.8 Å². The standard InChI is InChI=1S/C18H34N4O3S.HI/c1-19-18(20-11-10-16-7-3-2-4-8-16)21-12-14-26(23,24)22-15-17-9-5-6-13-25-17;/h7,17,22H,2-6,8-15H2,1H3,(H2,19,20,21);1H. The Morgan fingerprint density at radius 2 is 2.04 bits per heavy atom. The van der Waals surface area contributed by atoms with Crippen molar-refractivity contribution in [3.63, 3.8) is 0 Å². The summed E-state index contributed by atoms with van der Waals surface area (Å²) >= 11 is 0. The largest absolute Gasteiger partial charge is 0.377 e. The number of rotatable bonds is 9. The molecular weight excluding hydrogens is 479 g/mol. The Labute approximate surface area is 181 Å². The molecule has 3 N–H and O–H groups in total. The lowest BCUT2D eigenvalue weighted by Gasteiger charge is -2.22. The molecule has 158 valence electrons. The number of halogens is 1. The Morgan fingerprint density at radius 3 is 2.70 bits per heavy atom. The van der Waals surface area contributed by atoms with Gasteiger partial charge in [0, 0.05) is 33.3 Å². The molecule has 0 aromatic rings. The second kappa shape index (κ2) is 13.7. The van der Waals surface area contributed by atoms with Crippen LogP contribution in [0.1, 0.15) is 51.4 Å². The Kier molecular flexibility index (Phi) is 12.5. The van der Waals surface area contributed by atoms with Gasteiger partial charge in [-0.2, -0.15) is 0 Å². The first-order chi connectivity index (χ1) is 12.6. The van der Waals surface area contributed by atoms with Gasteiger partial charge in [0.25, 0.3) is 0 Å². The SMILES string of the molecule is CN=C(NCCC1=CCCCC1)NCCS(=O)(=O)NCC1CCCCO1.I. The van der Waals surface area contributed by atoms with E-state index in [1.54, 1.807) is 7.05 Å². The fraction of sp³-hybridized carbons (Fsp3) is 0.833. The molecule has 0 amide bonds. The number of ether oxygens (including phenoxy) is 1. The Morgan fingerprint density at radius 1 is 1.22 bits per heavy atom. The van der Waals surface area contributed by atoms with Crippen molar-refractivity contribution >= 4 is 40.0 Å². The number of hydrogen-bond donors (Lipinski definition) is 3. The van der Waals surface area contributed by atoms with Crippen LogP contribution < -0.4 is 15.4 Å². The monoisotopic (exact) mass is 514 g/mol. The average Bonchev–Trinajstić information content (AvgIpc) is 2.67. The lowest BCUT2D eigenvalue weighted by atomic mass is 9.97. The number of nitrogens with zero attached hydrogens (tertiary/aromatic N) is 1. The zero-order valence-electron chi connectivity index (χ0n) is 16.3. The fourth-order valence-electron chi connectivity index (χ4n) is 3.26. The van der Waals surface area contributed by atoms with E-state index < -0.39 is 10.0 Å². The molecule has 9 heteroatoms. The zero-order valence-corrected chi connectivity index (χ0v) is 19.5. The Hall–Kier alpha value is -0.390. The van der Waals surface area contributed by atoms with E-state index in [4.69, 9.17) is 4.74 Å². The van der Waals surface area contributed by atoms with E-state index in [2.05, 4.69) is 26.4 Å². The van der Waals surface area contributed by atoms with E-state index in [1.807, 2.05) is 0 Å². The highest BCUT2D eigenvalue weighted by Crippen LogP contribution is 2.19. The maximum atomic E-state index is 12.1. The van der Waals surface area contributed by atoms with Crippen LogP contribution in [0.15, 0.2) is 16.6 Å². The molecular formula is C18H35IN4O3S. The minimum absolute atomic E-state index is 0. The van der Waals surface area contributed by atoms with E-state index in [0.29, 0.717) is 19.0 Å².